The number of nitrogens with zero attached hydrogens (tertiary/aromatic N) is 3. The Morgan fingerprint density at radius 1 is 1.14 bits per heavy atom. The van der Waals surface area contributed by atoms with Gasteiger partial charge < -0.3 is 19.5 Å². The topological polar surface area (TPSA) is 78.4 Å². The quantitative estimate of drug-likeness (QED) is 0.444. The number of halogens is 2. The van der Waals surface area contributed by atoms with Crippen LogP contribution >= 0.6 is 43.6 Å². The minimum Gasteiger partial charge on any atom is -0.454 e. The van der Waals surface area contributed by atoms with Crippen molar-refractivity contribution < 1.29 is 14.2 Å². The number of thioether (sulfide) groups is 1. The number of aromatic nitrogens is 3. The molecular formula is C19H14Br2N4O3S. The van der Waals surface area contributed by atoms with Crippen LogP contribution in [0.1, 0.15) is 18.7 Å². The lowest BCUT2D eigenvalue weighted by Gasteiger charge is -2.21. The number of hydrogen-bond acceptors (Lipinski definition) is 8. The van der Waals surface area contributed by atoms with E-state index in [0.29, 0.717) is 28.2 Å². The van der Waals surface area contributed by atoms with Gasteiger partial charge >= 0.3 is 0 Å². The van der Waals surface area contributed by atoms with Crippen molar-refractivity contribution in [3.8, 4) is 28.6 Å². The van der Waals surface area contributed by atoms with Crippen LogP contribution in [0.2, 0.25) is 0 Å². The summed E-state index contributed by atoms with van der Waals surface area (Å²) in [5.74, 6) is 2.65. The molecule has 2 aliphatic heterocycles. The van der Waals surface area contributed by atoms with Gasteiger partial charge in [0.15, 0.2) is 23.4 Å². The standard InChI is InChI=1S/C19H14Br2N4O3S/c1-2-29-19-23-18-16(24-25-19)11-5-9(20)3-4-13(11)22-17(28-18)10-6-14-15(7-12(10)21)27-8-26-14/h3-7,17,22H,2,8H2,1H3/t17-/m0/s1. The summed E-state index contributed by atoms with van der Waals surface area (Å²) in [5, 5.41) is 12.7. The van der Waals surface area contributed by atoms with Crippen LogP contribution in [-0.2, 0) is 0 Å². The van der Waals surface area contributed by atoms with Crippen LogP contribution in [0.25, 0.3) is 11.3 Å². The smallest absolute Gasteiger partial charge is 0.247 e. The van der Waals surface area contributed by atoms with E-state index in [1.807, 2.05) is 37.3 Å². The Morgan fingerprint density at radius 3 is 2.79 bits per heavy atom. The van der Waals surface area contributed by atoms with Crippen molar-refractivity contribution in [1.29, 1.82) is 0 Å². The number of fused-ring (bicyclic) bond motifs is 4. The molecule has 1 N–H and O–H groups in total. The molecule has 0 saturated carbocycles. The van der Waals surface area contributed by atoms with Gasteiger partial charge in [-0.05, 0) is 36.1 Å². The summed E-state index contributed by atoms with van der Waals surface area (Å²) >= 11 is 8.68. The SMILES string of the molecule is CCSc1nnc2c(n1)O[C@@H](c1cc3c(cc1Br)OCO3)Nc1ccc(Br)cc1-2. The van der Waals surface area contributed by atoms with Crippen LogP contribution in [0.15, 0.2) is 44.4 Å². The minimum absolute atomic E-state index is 0.207. The highest BCUT2D eigenvalue weighted by Crippen LogP contribution is 2.44. The second-order valence-electron chi connectivity index (χ2n) is 6.24. The second-order valence-corrected chi connectivity index (χ2v) is 9.24. The van der Waals surface area contributed by atoms with Gasteiger partial charge in [0.1, 0.15) is 0 Å². The Labute approximate surface area is 187 Å². The van der Waals surface area contributed by atoms with Crippen molar-refractivity contribution in [1.82, 2.24) is 15.2 Å². The number of hydrogen-bond donors (Lipinski definition) is 1. The first-order valence-corrected chi connectivity index (χ1v) is 11.4. The van der Waals surface area contributed by atoms with Crippen molar-refractivity contribution in [3.63, 3.8) is 0 Å². The fourth-order valence-corrected chi connectivity index (χ4v) is 4.53. The first-order valence-electron chi connectivity index (χ1n) is 8.82. The maximum atomic E-state index is 6.31. The largest absolute Gasteiger partial charge is 0.454 e. The molecule has 0 amide bonds. The van der Waals surface area contributed by atoms with Crippen LogP contribution < -0.4 is 19.5 Å². The van der Waals surface area contributed by atoms with Gasteiger partial charge in [-0.3, -0.25) is 0 Å². The van der Waals surface area contributed by atoms with E-state index in [4.69, 9.17) is 14.2 Å². The maximum Gasteiger partial charge on any atom is 0.247 e. The Kier molecular flexibility index (Phi) is 5.00. The summed E-state index contributed by atoms with van der Waals surface area (Å²) in [6, 6.07) is 9.70. The molecule has 0 fully saturated rings. The molecule has 0 bridgehead atoms. The second kappa shape index (κ2) is 7.66. The summed E-state index contributed by atoms with van der Waals surface area (Å²) < 4.78 is 19.1. The van der Waals surface area contributed by atoms with E-state index in [0.717, 1.165) is 31.5 Å². The molecule has 2 aliphatic rings. The summed E-state index contributed by atoms with van der Waals surface area (Å²) in [6.07, 6.45) is -0.517. The van der Waals surface area contributed by atoms with Crippen molar-refractivity contribution in [2.45, 2.75) is 18.3 Å². The van der Waals surface area contributed by atoms with Crippen LogP contribution in [0, 0.1) is 0 Å². The molecule has 29 heavy (non-hydrogen) atoms. The third-order valence-electron chi connectivity index (χ3n) is 4.44. The Morgan fingerprint density at radius 2 is 1.97 bits per heavy atom. The molecule has 5 rings (SSSR count). The van der Waals surface area contributed by atoms with E-state index in [9.17, 15) is 0 Å². The number of nitrogens with one attached hydrogen (secondary N) is 1. The summed E-state index contributed by atoms with van der Waals surface area (Å²) in [4.78, 5) is 4.61. The van der Waals surface area contributed by atoms with Crippen molar-refractivity contribution in [3.05, 3.63) is 44.8 Å². The number of rotatable bonds is 3. The number of ether oxygens (including phenoxy) is 3. The lowest BCUT2D eigenvalue weighted by atomic mass is 10.1. The first-order chi connectivity index (χ1) is 14.1. The molecule has 10 heteroatoms. The summed E-state index contributed by atoms with van der Waals surface area (Å²) in [6.45, 7) is 2.25. The van der Waals surface area contributed by atoms with E-state index >= 15 is 0 Å². The van der Waals surface area contributed by atoms with Gasteiger partial charge in [0.05, 0.1) is 0 Å². The van der Waals surface area contributed by atoms with Crippen LogP contribution in [0.5, 0.6) is 17.4 Å². The molecule has 1 atom stereocenters. The van der Waals surface area contributed by atoms with Gasteiger partial charge in [-0.2, -0.15) is 4.98 Å². The molecule has 7 nitrogen and oxygen atoms in total. The average molecular weight is 538 g/mol. The Balaban J connectivity index is 1.65. The fourth-order valence-electron chi connectivity index (χ4n) is 3.13. The predicted octanol–water partition coefficient (Wildman–Crippen LogP) is 5.41. The molecule has 0 radical (unpaired) electrons. The highest BCUT2D eigenvalue weighted by Gasteiger charge is 2.29. The van der Waals surface area contributed by atoms with Gasteiger partial charge in [-0.15, -0.1) is 10.2 Å². The molecule has 2 aromatic carbocycles. The van der Waals surface area contributed by atoms with Crippen molar-refractivity contribution in [2.24, 2.45) is 0 Å². The zero-order valence-corrected chi connectivity index (χ0v) is 19.1. The van der Waals surface area contributed by atoms with Gasteiger partial charge in [-0.1, -0.05) is 50.5 Å². The van der Waals surface area contributed by atoms with Gasteiger partial charge in [0.25, 0.3) is 0 Å². The average Bonchev–Trinajstić information content (AvgIpc) is 3.09. The van der Waals surface area contributed by atoms with Crippen LogP contribution in [0.4, 0.5) is 5.69 Å². The highest BCUT2D eigenvalue weighted by atomic mass is 79.9. The third kappa shape index (κ3) is 3.53. The molecular weight excluding hydrogens is 524 g/mol. The third-order valence-corrected chi connectivity index (χ3v) is 6.34. The van der Waals surface area contributed by atoms with E-state index in [-0.39, 0.29) is 6.79 Å². The van der Waals surface area contributed by atoms with E-state index in [2.05, 4.69) is 52.4 Å². The molecule has 0 spiro atoms. The molecule has 0 saturated heterocycles. The fraction of sp³-hybridized carbons (Fsp3) is 0.211. The summed E-state index contributed by atoms with van der Waals surface area (Å²) in [5.41, 5.74) is 3.18. The molecule has 148 valence electrons. The lowest BCUT2D eigenvalue weighted by Crippen LogP contribution is -2.17. The normalized spacial score (nSPS) is 16.3. The predicted molar refractivity (Wildman–Crippen MR) is 117 cm³/mol. The highest BCUT2D eigenvalue weighted by molar-refractivity contribution is 9.10. The monoisotopic (exact) mass is 536 g/mol. The van der Waals surface area contributed by atoms with Gasteiger partial charge in [0.2, 0.25) is 17.8 Å². The molecule has 3 aromatic rings. The summed E-state index contributed by atoms with van der Waals surface area (Å²) in [7, 11) is 0. The lowest BCUT2D eigenvalue weighted by molar-refractivity contribution is 0.173. The van der Waals surface area contributed by atoms with Crippen molar-refractivity contribution >= 4 is 49.3 Å². The Hall–Kier alpha value is -2.04. The molecule has 3 heterocycles. The zero-order valence-electron chi connectivity index (χ0n) is 15.1. The van der Waals surface area contributed by atoms with Crippen LogP contribution in [-0.4, -0.2) is 27.7 Å². The van der Waals surface area contributed by atoms with Crippen LogP contribution in [0.3, 0.4) is 0 Å². The number of anilines is 1. The van der Waals surface area contributed by atoms with E-state index in [1.165, 1.54) is 11.8 Å². The van der Waals surface area contributed by atoms with E-state index < -0.39 is 6.23 Å². The van der Waals surface area contributed by atoms with Crippen molar-refractivity contribution in [2.75, 3.05) is 17.9 Å². The van der Waals surface area contributed by atoms with Gasteiger partial charge in [-0.25, -0.2) is 0 Å². The molecule has 0 aliphatic carbocycles. The molecule has 1 aromatic heterocycles. The minimum atomic E-state index is -0.517. The van der Waals surface area contributed by atoms with Gasteiger partial charge in [0, 0.05) is 25.8 Å². The first kappa shape index (κ1) is 19.0. The molecule has 0 unspecified atom stereocenters. The van der Waals surface area contributed by atoms with E-state index in [1.54, 1.807) is 0 Å². The Bertz CT molecular complexity index is 1120. The maximum absolute atomic E-state index is 6.31. The zero-order chi connectivity index (χ0) is 20.0. The number of benzene rings is 2.